The second kappa shape index (κ2) is 8.54. The fourth-order valence-corrected chi connectivity index (χ4v) is 3.12. The highest BCUT2D eigenvalue weighted by Crippen LogP contribution is 2.16. The van der Waals surface area contributed by atoms with Crippen LogP contribution in [0.3, 0.4) is 0 Å². The average molecular weight is 363 g/mol. The van der Waals surface area contributed by atoms with Gasteiger partial charge in [0.25, 0.3) is 0 Å². The number of rotatable bonds is 7. The first kappa shape index (κ1) is 18.7. The number of hydrogen-bond acceptors (Lipinski definition) is 3. The monoisotopic (exact) mass is 363 g/mol. The topological polar surface area (TPSA) is 56.1 Å². The summed E-state index contributed by atoms with van der Waals surface area (Å²) in [5.74, 6) is 0.743. The van der Waals surface area contributed by atoms with Crippen LogP contribution in [0.1, 0.15) is 28.1 Å². The summed E-state index contributed by atoms with van der Waals surface area (Å²) in [4.78, 5) is 12.3. The molecule has 2 aromatic carbocycles. The highest BCUT2D eigenvalue weighted by molar-refractivity contribution is 5.78. The number of carbonyl (C=O) groups is 1. The molecule has 0 saturated carbocycles. The molecule has 1 amide bonds. The van der Waals surface area contributed by atoms with Crippen LogP contribution in [0.4, 0.5) is 0 Å². The van der Waals surface area contributed by atoms with Gasteiger partial charge in [-0.1, -0.05) is 42.5 Å². The Kier molecular flexibility index (Phi) is 5.91. The molecule has 5 heteroatoms. The van der Waals surface area contributed by atoms with Crippen molar-refractivity contribution in [3.05, 3.63) is 82.7 Å². The molecule has 140 valence electrons. The molecule has 0 atom stereocenters. The van der Waals surface area contributed by atoms with Gasteiger partial charge in [-0.3, -0.25) is 9.48 Å². The number of methoxy groups -OCH3 is 1. The van der Waals surface area contributed by atoms with Crippen molar-refractivity contribution in [2.45, 2.75) is 33.4 Å². The molecule has 1 heterocycles. The molecule has 0 fully saturated rings. The second-order valence-corrected chi connectivity index (χ2v) is 6.60. The van der Waals surface area contributed by atoms with Crippen molar-refractivity contribution in [3.8, 4) is 5.75 Å². The molecule has 1 aromatic heterocycles. The number of amides is 1. The molecule has 0 aliphatic heterocycles. The van der Waals surface area contributed by atoms with Crippen LogP contribution in [-0.2, 0) is 24.3 Å². The standard InChI is InChI=1S/C22H25N3O2/c1-16-21(17(2)25(24-16)15-18-8-5-4-6-9-18)14-23-22(26)13-19-10-7-11-20(12-19)27-3/h4-12H,13-15H2,1-3H3,(H,23,26). The smallest absolute Gasteiger partial charge is 0.224 e. The van der Waals surface area contributed by atoms with Crippen molar-refractivity contribution < 1.29 is 9.53 Å². The number of benzene rings is 2. The summed E-state index contributed by atoms with van der Waals surface area (Å²) in [6.45, 7) is 5.24. The zero-order chi connectivity index (χ0) is 19.2. The summed E-state index contributed by atoms with van der Waals surface area (Å²) in [5.41, 5.74) is 5.24. The molecule has 0 aliphatic carbocycles. The fraction of sp³-hybridized carbons (Fsp3) is 0.273. The van der Waals surface area contributed by atoms with E-state index in [1.165, 1.54) is 5.56 Å². The first-order valence-corrected chi connectivity index (χ1v) is 9.03. The summed E-state index contributed by atoms with van der Waals surface area (Å²) in [5, 5.41) is 7.65. The Morgan fingerprint density at radius 2 is 1.81 bits per heavy atom. The van der Waals surface area contributed by atoms with Crippen molar-refractivity contribution >= 4 is 5.91 Å². The Balaban J connectivity index is 1.63. The van der Waals surface area contributed by atoms with E-state index in [1.807, 2.05) is 61.0 Å². The van der Waals surface area contributed by atoms with Gasteiger partial charge in [-0.25, -0.2) is 0 Å². The van der Waals surface area contributed by atoms with Crippen molar-refractivity contribution in [3.63, 3.8) is 0 Å². The van der Waals surface area contributed by atoms with Gasteiger partial charge in [0.05, 0.1) is 25.8 Å². The second-order valence-electron chi connectivity index (χ2n) is 6.60. The van der Waals surface area contributed by atoms with Crippen LogP contribution in [-0.4, -0.2) is 22.8 Å². The van der Waals surface area contributed by atoms with Crippen molar-refractivity contribution in [2.24, 2.45) is 0 Å². The van der Waals surface area contributed by atoms with Gasteiger partial charge in [0.2, 0.25) is 5.91 Å². The lowest BCUT2D eigenvalue weighted by Crippen LogP contribution is -2.25. The van der Waals surface area contributed by atoms with E-state index in [9.17, 15) is 4.79 Å². The number of nitrogens with zero attached hydrogens (tertiary/aromatic N) is 2. The molecule has 0 aliphatic rings. The van der Waals surface area contributed by atoms with Crippen molar-refractivity contribution in [1.82, 2.24) is 15.1 Å². The first-order chi connectivity index (χ1) is 13.1. The lowest BCUT2D eigenvalue weighted by atomic mass is 10.1. The van der Waals surface area contributed by atoms with Crippen LogP contribution in [0.25, 0.3) is 0 Å². The first-order valence-electron chi connectivity index (χ1n) is 9.03. The number of aryl methyl sites for hydroxylation is 1. The number of hydrogen-bond donors (Lipinski definition) is 1. The number of carbonyl (C=O) groups excluding carboxylic acids is 1. The maximum atomic E-state index is 12.3. The molecule has 0 spiro atoms. The van der Waals surface area contributed by atoms with Crippen molar-refractivity contribution in [1.29, 1.82) is 0 Å². The Hall–Kier alpha value is -3.08. The molecule has 0 radical (unpaired) electrons. The zero-order valence-corrected chi connectivity index (χ0v) is 16.0. The third kappa shape index (κ3) is 4.76. The Morgan fingerprint density at radius 3 is 2.56 bits per heavy atom. The fourth-order valence-electron chi connectivity index (χ4n) is 3.12. The highest BCUT2D eigenvalue weighted by Gasteiger charge is 2.13. The number of nitrogens with one attached hydrogen (secondary N) is 1. The largest absolute Gasteiger partial charge is 0.497 e. The quantitative estimate of drug-likeness (QED) is 0.700. The van der Waals surface area contributed by atoms with Gasteiger partial charge in [0, 0.05) is 17.8 Å². The van der Waals surface area contributed by atoms with E-state index in [0.29, 0.717) is 13.0 Å². The maximum Gasteiger partial charge on any atom is 0.224 e. The van der Waals surface area contributed by atoms with E-state index in [0.717, 1.165) is 34.8 Å². The van der Waals surface area contributed by atoms with Crippen LogP contribution < -0.4 is 10.1 Å². The normalized spacial score (nSPS) is 10.6. The van der Waals surface area contributed by atoms with Crippen LogP contribution in [0.15, 0.2) is 54.6 Å². The molecule has 0 bridgehead atoms. The Bertz CT molecular complexity index is 917. The van der Waals surface area contributed by atoms with Gasteiger partial charge < -0.3 is 10.1 Å². The van der Waals surface area contributed by atoms with Crippen LogP contribution in [0.5, 0.6) is 5.75 Å². The number of aromatic nitrogens is 2. The lowest BCUT2D eigenvalue weighted by Gasteiger charge is -2.08. The molecule has 0 unspecified atom stereocenters. The SMILES string of the molecule is COc1cccc(CC(=O)NCc2c(C)nn(Cc3ccccc3)c2C)c1. The predicted molar refractivity (Wildman–Crippen MR) is 106 cm³/mol. The van der Waals surface area contributed by atoms with E-state index in [-0.39, 0.29) is 5.91 Å². The number of ether oxygens (including phenoxy) is 1. The Labute approximate surface area is 160 Å². The molecule has 3 rings (SSSR count). The minimum Gasteiger partial charge on any atom is -0.497 e. The maximum absolute atomic E-state index is 12.3. The zero-order valence-electron chi connectivity index (χ0n) is 16.0. The summed E-state index contributed by atoms with van der Waals surface area (Å²) in [7, 11) is 1.62. The van der Waals surface area contributed by atoms with Gasteiger partial charge in [-0.15, -0.1) is 0 Å². The predicted octanol–water partition coefficient (Wildman–Crippen LogP) is 3.42. The van der Waals surface area contributed by atoms with Gasteiger partial charge in [-0.05, 0) is 37.1 Å². The van der Waals surface area contributed by atoms with Gasteiger partial charge >= 0.3 is 0 Å². The van der Waals surface area contributed by atoms with Gasteiger partial charge in [0.15, 0.2) is 0 Å². The van der Waals surface area contributed by atoms with E-state index >= 15 is 0 Å². The van der Waals surface area contributed by atoms with E-state index in [2.05, 4.69) is 22.5 Å². The van der Waals surface area contributed by atoms with E-state index < -0.39 is 0 Å². The van der Waals surface area contributed by atoms with Crippen LogP contribution in [0, 0.1) is 13.8 Å². The summed E-state index contributed by atoms with van der Waals surface area (Å²) in [6, 6.07) is 17.8. The van der Waals surface area contributed by atoms with Crippen molar-refractivity contribution in [2.75, 3.05) is 7.11 Å². The molecular formula is C22H25N3O2. The molecule has 0 saturated heterocycles. The lowest BCUT2D eigenvalue weighted by molar-refractivity contribution is -0.120. The highest BCUT2D eigenvalue weighted by atomic mass is 16.5. The molecular weight excluding hydrogens is 338 g/mol. The summed E-state index contributed by atoms with van der Waals surface area (Å²) < 4.78 is 7.20. The summed E-state index contributed by atoms with van der Waals surface area (Å²) >= 11 is 0. The molecule has 1 N–H and O–H groups in total. The van der Waals surface area contributed by atoms with Gasteiger partial charge in [-0.2, -0.15) is 5.10 Å². The third-order valence-electron chi connectivity index (χ3n) is 4.67. The minimum absolute atomic E-state index is 0.0159. The van der Waals surface area contributed by atoms with Crippen LogP contribution >= 0.6 is 0 Å². The minimum atomic E-state index is -0.0159. The third-order valence-corrected chi connectivity index (χ3v) is 4.67. The molecule has 5 nitrogen and oxygen atoms in total. The molecule has 3 aromatic rings. The van der Waals surface area contributed by atoms with Crippen LogP contribution in [0.2, 0.25) is 0 Å². The van der Waals surface area contributed by atoms with E-state index in [4.69, 9.17) is 4.74 Å². The average Bonchev–Trinajstić information content (AvgIpc) is 2.94. The Morgan fingerprint density at radius 1 is 1.07 bits per heavy atom. The molecule has 27 heavy (non-hydrogen) atoms. The summed E-state index contributed by atoms with van der Waals surface area (Å²) in [6.07, 6.45) is 0.327. The van der Waals surface area contributed by atoms with E-state index in [1.54, 1.807) is 7.11 Å². The van der Waals surface area contributed by atoms with Gasteiger partial charge in [0.1, 0.15) is 5.75 Å².